The molecule has 94 valence electrons. The van der Waals surface area contributed by atoms with Gasteiger partial charge in [-0.3, -0.25) is 0 Å². The Bertz CT molecular complexity index is 515. The van der Waals surface area contributed by atoms with E-state index in [9.17, 15) is 8.42 Å². The van der Waals surface area contributed by atoms with E-state index in [1.165, 1.54) is 6.07 Å². The zero-order chi connectivity index (χ0) is 12.5. The van der Waals surface area contributed by atoms with Crippen LogP contribution in [-0.4, -0.2) is 27.5 Å². The third kappa shape index (κ3) is 3.20. The van der Waals surface area contributed by atoms with E-state index in [0.29, 0.717) is 11.0 Å². The predicted octanol–water partition coefficient (Wildman–Crippen LogP) is 1.74. The molecule has 1 heterocycles. The second-order valence-corrected chi connectivity index (χ2v) is 6.89. The summed E-state index contributed by atoms with van der Waals surface area (Å²) < 4.78 is 27.6. The van der Waals surface area contributed by atoms with Gasteiger partial charge >= 0.3 is 0 Å². The van der Waals surface area contributed by atoms with Crippen LogP contribution in [0.1, 0.15) is 6.42 Å². The van der Waals surface area contributed by atoms with E-state index in [0.717, 1.165) is 13.0 Å². The average molecular weight is 340 g/mol. The first-order chi connectivity index (χ1) is 7.99. The number of hydrogen-bond donors (Lipinski definition) is 2. The van der Waals surface area contributed by atoms with Gasteiger partial charge in [0.25, 0.3) is 0 Å². The molecular weight excluding hydrogens is 328 g/mol. The highest BCUT2D eigenvalue weighted by Gasteiger charge is 2.24. The van der Waals surface area contributed by atoms with Crippen molar-refractivity contribution in [1.29, 1.82) is 0 Å². The highest BCUT2D eigenvalue weighted by molar-refractivity contribution is 9.10. The van der Waals surface area contributed by atoms with Crippen molar-refractivity contribution < 1.29 is 8.42 Å². The molecule has 1 aliphatic heterocycles. The lowest BCUT2D eigenvalue weighted by molar-refractivity contribution is 0.560. The lowest BCUT2D eigenvalue weighted by Gasteiger charge is -2.13. The van der Waals surface area contributed by atoms with Gasteiger partial charge in [-0.2, -0.15) is 0 Å². The topological polar surface area (TPSA) is 58.2 Å². The van der Waals surface area contributed by atoms with E-state index in [1.54, 1.807) is 12.1 Å². The number of hydrogen-bond acceptors (Lipinski definition) is 3. The molecule has 4 nitrogen and oxygen atoms in total. The Hall–Kier alpha value is -0.140. The summed E-state index contributed by atoms with van der Waals surface area (Å²) in [5.41, 5.74) is 0. The molecule has 0 aliphatic carbocycles. The second kappa shape index (κ2) is 5.24. The van der Waals surface area contributed by atoms with Crippen molar-refractivity contribution in [3.05, 3.63) is 27.7 Å². The molecule has 1 aliphatic rings. The maximum Gasteiger partial charge on any atom is 0.242 e. The highest BCUT2D eigenvalue weighted by atomic mass is 79.9. The first-order valence-corrected chi connectivity index (χ1v) is 7.82. The van der Waals surface area contributed by atoms with Crippen LogP contribution < -0.4 is 10.0 Å². The highest BCUT2D eigenvalue weighted by Crippen LogP contribution is 2.25. The summed E-state index contributed by atoms with van der Waals surface area (Å²) in [6, 6.07) is 4.72. The van der Waals surface area contributed by atoms with Crippen LogP contribution in [0.3, 0.4) is 0 Å². The summed E-state index contributed by atoms with van der Waals surface area (Å²) in [6.45, 7) is 1.49. The Morgan fingerprint density at radius 3 is 2.88 bits per heavy atom. The van der Waals surface area contributed by atoms with Gasteiger partial charge in [-0.1, -0.05) is 27.5 Å². The largest absolute Gasteiger partial charge is 0.315 e. The van der Waals surface area contributed by atoms with Gasteiger partial charge < -0.3 is 5.32 Å². The molecule has 1 saturated heterocycles. The maximum atomic E-state index is 12.1. The van der Waals surface area contributed by atoms with Gasteiger partial charge in [-0.25, -0.2) is 13.1 Å². The minimum atomic E-state index is -3.55. The fourth-order valence-corrected chi connectivity index (χ4v) is 4.03. The summed E-state index contributed by atoms with van der Waals surface area (Å²) in [5, 5.41) is 3.33. The average Bonchev–Trinajstić information content (AvgIpc) is 2.73. The van der Waals surface area contributed by atoms with Crippen molar-refractivity contribution in [3.63, 3.8) is 0 Å². The standard InChI is InChI=1S/C10H12BrClN2O2S/c11-7-1-2-9(12)10(5-7)17(15,16)14-8-3-4-13-6-8/h1-2,5,8,13-14H,3-4,6H2. The van der Waals surface area contributed by atoms with Crippen LogP contribution in [0.2, 0.25) is 5.02 Å². The van der Waals surface area contributed by atoms with Crippen molar-refractivity contribution in [1.82, 2.24) is 10.0 Å². The summed E-state index contributed by atoms with van der Waals surface area (Å²) in [7, 11) is -3.55. The molecule has 1 atom stereocenters. The van der Waals surface area contributed by atoms with E-state index in [4.69, 9.17) is 11.6 Å². The SMILES string of the molecule is O=S(=O)(NC1CCNC1)c1cc(Br)ccc1Cl. The van der Waals surface area contributed by atoms with Gasteiger partial charge in [0.15, 0.2) is 0 Å². The molecule has 0 bridgehead atoms. The van der Waals surface area contributed by atoms with Gasteiger partial charge in [-0.15, -0.1) is 0 Å². The number of nitrogens with one attached hydrogen (secondary N) is 2. The lowest BCUT2D eigenvalue weighted by atomic mass is 10.3. The minimum Gasteiger partial charge on any atom is -0.315 e. The molecule has 1 aromatic carbocycles. The number of halogens is 2. The minimum absolute atomic E-state index is 0.0601. The number of sulfonamides is 1. The number of rotatable bonds is 3. The quantitative estimate of drug-likeness (QED) is 0.882. The summed E-state index contributed by atoms with van der Waals surface area (Å²) >= 11 is 9.15. The Labute approximate surface area is 114 Å². The molecule has 0 radical (unpaired) electrons. The Morgan fingerprint density at radius 2 is 2.24 bits per heavy atom. The van der Waals surface area contributed by atoms with Crippen molar-refractivity contribution >= 4 is 37.6 Å². The first kappa shape index (κ1) is 13.3. The Morgan fingerprint density at radius 1 is 1.47 bits per heavy atom. The van der Waals surface area contributed by atoms with E-state index >= 15 is 0 Å². The summed E-state index contributed by atoms with van der Waals surface area (Å²) in [5.74, 6) is 0. The van der Waals surface area contributed by atoms with Crippen LogP contribution >= 0.6 is 27.5 Å². The lowest BCUT2D eigenvalue weighted by Crippen LogP contribution is -2.36. The smallest absolute Gasteiger partial charge is 0.242 e. The summed E-state index contributed by atoms with van der Waals surface area (Å²) in [4.78, 5) is 0.112. The van der Waals surface area contributed by atoms with Gasteiger partial charge in [0.1, 0.15) is 4.90 Å². The van der Waals surface area contributed by atoms with Crippen LogP contribution in [0.5, 0.6) is 0 Å². The molecular formula is C10H12BrClN2O2S. The van der Waals surface area contributed by atoms with Crippen LogP contribution in [-0.2, 0) is 10.0 Å². The van der Waals surface area contributed by atoms with Gasteiger partial charge in [0.05, 0.1) is 5.02 Å². The molecule has 1 unspecified atom stereocenters. The first-order valence-electron chi connectivity index (χ1n) is 5.17. The maximum absolute atomic E-state index is 12.1. The molecule has 0 saturated carbocycles. The molecule has 17 heavy (non-hydrogen) atoms. The normalized spacial score (nSPS) is 20.7. The third-order valence-electron chi connectivity index (χ3n) is 2.56. The van der Waals surface area contributed by atoms with E-state index in [-0.39, 0.29) is 16.0 Å². The van der Waals surface area contributed by atoms with E-state index in [1.807, 2.05) is 0 Å². The van der Waals surface area contributed by atoms with E-state index in [2.05, 4.69) is 26.0 Å². The van der Waals surface area contributed by atoms with Gasteiger partial charge in [0, 0.05) is 17.1 Å². The Balaban J connectivity index is 2.27. The van der Waals surface area contributed by atoms with Gasteiger partial charge in [-0.05, 0) is 31.2 Å². The fraction of sp³-hybridized carbons (Fsp3) is 0.400. The van der Waals surface area contributed by atoms with Crippen molar-refractivity contribution in [2.45, 2.75) is 17.4 Å². The van der Waals surface area contributed by atoms with Crippen molar-refractivity contribution in [3.8, 4) is 0 Å². The Kier molecular flexibility index (Phi) is 4.10. The molecule has 2 N–H and O–H groups in total. The molecule has 2 rings (SSSR count). The predicted molar refractivity (Wildman–Crippen MR) is 70.7 cm³/mol. The van der Waals surface area contributed by atoms with Gasteiger partial charge in [0.2, 0.25) is 10.0 Å². The third-order valence-corrected chi connectivity index (χ3v) is 5.06. The van der Waals surface area contributed by atoms with Crippen molar-refractivity contribution in [2.24, 2.45) is 0 Å². The van der Waals surface area contributed by atoms with Crippen LogP contribution in [0.15, 0.2) is 27.6 Å². The van der Waals surface area contributed by atoms with Crippen molar-refractivity contribution in [2.75, 3.05) is 13.1 Å². The van der Waals surface area contributed by atoms with Crippen LogP contribution in [0, 0.1) is 0 Å². The number of benzene rings is 1. The fourth-order valence-electron chi connectivity index (χ4n) is 1.72. The second-order valence-electron chi connectivity index (χ2n) is 3.89. The zero-order valence-electron chi connectivity index (χ0n) is 8.91. The molecule has 1 aromatic rings. The zero-order valence-corrected chi connectivity index (χ0v) is 12.1. The monoisotopic (exact) mass is 338 g/mol. The van der Waals surface area contributed by atoms with E-state index < -0.39 is 10.0 Å². The molecule has 1 fully saturated rings. The molecule has 0 spiro atoms. The molecule has 0 amide bonds. The van der Waals surface area contributed by atoms with Crippen LogP contribution in [0.25, 0.3) is 0 Å². The van der Waals surface area contributed by atoms with Crippen LogP contribution in [0.4, 0.5) is 0 Å². The molecule has 0 aromatic heterocycles. The molecule has 7 heteroatoms. The summed E-state index contributed by atoms with van der Waals surface area (Å²) in [6.07, 6.45) is 0.796.